The van der Waals surface area contributed by atoms with Gasteiger partial charge in [-0.2, -0.15) is 0 Å². The Balaban J connectivity index is 1.37. The number of carbonyl (C=O) groups excluding carboxylic acids is 1. The van der Waals surface area contributed by atoms with E-state index in [4.69, 9.17) is 0 Å². The lowest BCUT2D eigenvalue weighted by Gasteiger charge is -2.23. The first kappa shape index (κ1) is 27.1. The molecule has 0 aliphatic carbocycles. The van der Waals surface area contributed by atoms with Crippen LogP contribution in [0.4, 0.5) is 5.69 Å². The van der Waals surface area contributed by atoms with Gasteiger partial charge in [0.25, 0.3) is 5.91 Å². The highest BCUT2D eigenvalue weighted by Gasteiger charge is 2.27. The predicted molar refractivity (Wildman–Crippen MR) is 163 cm³/mol. The van der Waals surface area contributed by atoms with E-state index in [-0.39, 0.29) is 5.91 Å². The highest BCUT2D eigenvalue weighted by molar-refractivity contribution is 6.20. The van der Waals surface area contributed by atoms with Crippen LogP contribution in [-0.4, -0.2) is 54.1 Å². The van der Waals surface area contributed by atoms with Crippen LogP contribution in [0.2, 0.25) is 0 Å². The van der Waals surface area contributed by atoms with Crippen molar-refractivity contribution in [2.45, 2.75) is 26.4 Å². The van der Waals surface area contributed by atoms with Crippen molar-refractivity contribution in [3.63, 3.8) is 0 Å². The molecular weight excluding hydrogens is 494 g/mol. The summed E-state index contributed by atoms with van der Waals surface area (Å²) < 4.78 is 0. The van der Waals surface area contributed by atoms with Gasteiger partial charge in [0.05, 0.1) is 17.0 Å². The zero-order chi connectivity index (χ0) is 27.9. The average molecular weight is 530 g/mol. The van der Waals surface area contributed by atoms with E-state index in [2.05, 4.69) is 81.9 Å². The largest absolute Gasteiger partial charge is 0.372 e. The SMILES string of the molecule is CC/C=C/C1=C=CC2=C(C=N1)C(=O)N(c1cccc(-c3ccnc(CN(C)Cc4ccccc4)c3)c1)CCN2C. The average Bonchev–Trinajstić information content (AvgIpc) is 3.25. The zero-order valence-electron chi connectivity index (χ0n) is 23.4. The number of carbonyl (C=O) groups is 1. The normalized spacial score (nSPS) is 15.5. The molecule has 2 aliphatic heterocycles. The van der Waals surface area contributed by atoms with Crippen LogP contribution in [0.15, 0.2) is 119 Å². The number of likely N-dealkylation sites (N-methyl/N-ethyl adjacent to an activating group) is 1. The Morgan fingerprint density at radius 3 is 2.65 bits per heavy atom. The Labute approximate surface area is 237 Å². The first-order valence-corrected chi connectivity index (χ1v) is 13.7. The van der Waals surface area contributed by atoms with Crippen molar-refractivity contribution >= 4 is 17.8 Å². The maximum absolute atomic E-state index is 13.8. The fraction of sp³-hybridized carbons (Fsp3) is 0.235. The summed E-state index contributed by atoms with van der Waals surface area (Å²) in [6.45, 7) is 4.96. The van der Waals surface area contributed by atoms with Gasteiger partial charge in [0.15, 0.2) is 0 Å². The third-order valence-electron chi connectivity index (χ3n) is 7.06. The molecule has 1 amide bonds. The first-order valence-electron chi connectivity index (χ1n) is 13.7. The van der Waals surface area contributed by atoms with E-state index in [1.807, 2.05) is 60.6 Å². The number of hydrogen-bond acceptors (Lipinski definition) is 5. The van der Waals surface area contributed by atoms with E-state index in [9.17, 15) is 4.79 Å². The molecule has 0 atom stereocenters. The lowest BCUT2D eigenvalue weighted by atomic mass is 10.0. The maximum atomic E-state index is 13.8. The van der Waals surface area contributed by atoms with E-state index in [0.717, 1.165) is 47.7 Å². The van der Waals surface area contributed by atoms with Crippen LogP contribution in [-0.2, 0) is 17.9 Å². The smallest absolute Gasteiger partial charge is 0.262 e. The highest BCUT2D eigenvalue weighted by atomic mass is 16.2. The number of hydrogen-bond donors (Lipinski definition) is 0. The third-order valence-corrected chi connectivity index (χ3v) is 7.06. The van der Waals surface area contributed by atoms with Crippen molar-refractivity contribution in [3.8, 4) is 11.1 Å². The molecule has 40 heavy (non-hydrogen) atoms. The highest BCUT2D eigenvalue weighted by Crippen LogP contribution is 2.28. The van der Waals surface area contributed by atoms with Crippen LogP contribution in [0.25, 0.3) is 11.1 Å². The van der Waals surface area contributed by atoms with Gasteiger partial charge in [-0.1, -0.05) is 61.2 Å². The molecule has 0 spiro atoms. The summed E-state index contributed by atoms with van der Waals surface area (Å²) in [5.41, 5.74) is 10.6. The molecule has 0 radical (unpaired) electrons. The lowest BCUT2D eigenvalue weighted by Crippen LogP contribution is -2.34. The number of aliphatic imine (C=N–C) groups is 1. The molecule has 202 valence electrons. The standard InChI is InChI=1S/C34H35N5O/c1-4-5-13-29-15-16-33-32(23-36-29)34(40)39(20-19-38(33)3)31-14-9-12-27(22-31)28-17-18-35-30(21-28)25-37(2)24-26-10-7-6-8-11-26/h5-14,16-18,21-23H,4,19-20,24-25H2,1-3H3/b13-5+. The molecule has 0 bridgehead atoms. The molecule has 6 nitrogen and oxygen atoms in total. The lowest BCUT2D eigenvalue weighted by molar-refractivity contribution is -0.114. The van der Waals surface area contributed by atoms with E-state index >= 15 is 0 Å². The van der Waals surface area contributed by atoms with Crippen molar-refractivity contribution in [1.82, 2.24) is 14.8 Å². The second-order valence-electron chi connectivity index (χ2n) is 10.2. The molecule has 0 saturated carbocycles. The number of amides is 1. The second kappa shape index (κ2) is 12.6. The first-order chi connectivity index (χ1) is 19.5. The summed E-state index contributed by atoms with van der Waals surface area (Å²) in [7, 11) is 4.12. The van der Waals surface area contributed by atoms with Crippen molar-refractivity contribution < 1.29 is 4.79 Å². The minimum atomic E-state index is -0.0584. The molecule has 2 aromatic carbocycles. The fourth-order valence-electron chi connectivity index (χ4n) is 4.95. The summed E-state index contributed by atoms with van der Waals surface area (Å²) in [6.07, 6.45) is 10.3. The van der Waals surface area contributed by atoms with Gasteiger partial charge in [-0.05, 0) is 60.5 Å². The summed E-state index contributed by atoms with van der Waals surface area (Å²) >= 11 is 0. The Bertz CT molecular complexity index is 1530. The molecule has 5 rings (SSSR count). The van der Waals surface area contributed by atoms with Gasteiger partial charge in [0.2, 0.25) is 0 Å². The number of nitrogens with zero attached hydrogens (tertiary/aromatic N) is 5. The Kier molecular flexibility index (Phi) is 8.50. The molecule has 0 fully saturated rings. The van der Waals surface area contributed by atoms with Gasteiger partial charge in [-0.3, -0.25) is 14.7 Å². The van der Waals surface area contributed by atoms with Crippen molar-refractivity contribution in [2.75, 3.05) is 32.1 Å². The molecule has 0 saturated heterocycles. The summed E-state index contributed by atoms with van der Waals surface area (Å²) in [4.78, 5) is 29.2. The molecular formula is C34H35N5O. The molecule has 0 unspecified atom stereocenters. The molecule has 3 heterocycles. The van der Waals surface area contributed by atoms with Crippen molar-refractivity contribution in [1.29, 1.82) is 0 Å². The second-order valence-corrected chi connectivity index (χ2v) is 10.2. The molecule has 2 aliphatic rings. The van der Waals surface area contributed by atoms with Crippen molar-refractivity contribution in [3.05, 3.63) is 125 Å². The molecule has 6 heteroatoms. The van der Waals surface area contributed by atoms with E-state index in [0.29, 0.717) is 24.4 Å². The number of aromatic nitrogens is 1. The summed E-state index contributed by atoms with van der Waals surface area (Å²) in [5, 5.41) is 0. The Morgan fingerprint density at radius 2 is 1.82 bits per heavy atom. The Morgan fingerprint density at radius 1 is 1.00 bits per heavy atom. The monoisotopic (exact) mass is 529 g/mol. The van der Waals surface area contributed by atoms with Crippen LogP contribution in [0.5, 0.6) is 0 Å². The topological polar surface area (TPSA) is 52.0 Å². The number of pyridine rings is 1. The maximum Gasteiger partial charge on any atom is 0.262 e. The van der Waals surface area contributed by atoms with Crippen LogP contribution in [0.1, 0.15) is 24.6 Å². The molecule has 0 N–H and O–H groups in total. The fourth-order valence-corrected chi connectivity index (χ4v) is 4.95. The Hall–Kier alpha value is -4.51. The van der Waals surface area contributed by atoms with Gasteiger partial charge in [-0.15, -0.1) is 0 Å². The zero-order valence-corrected chi connectivity index (χ0v) is 23.4. The van der Waals surface area contributed by atoms with Gasteiger partial charge in [-0.25, -0.2) is 4.99 Å². The van der Waals surface area contributed by atoms with Gasteiger partial charge in [0, 0.05) is 57.4 Å². The number of anilines is 1. The van der Waals surface area contributed by atoms with Gasteiger partial charge < -0.3 is 9.80 Å². The number of allylic oxidation sites excluding steroid dienone is 2. The molecule has 1 aromatic heterocycles. The van der Waals surface area contributed by atoms with Gasteiger partial charge >= 0.3 is 0 Å². The minimum Gasteiger partial charge on any atom is -0.372 e. The quantitative estimate of drug-likeness (QED) is 0.336. The van der Waals surface area contributed by atoms with E-state index in [1.54, 1.807) is 6.21 Å². The van der Waals surface area contributed by atoms with Crippen LogP contribution < -0.4 is 4.90 Å². The third kappa shape index (κ3) is 6.37. The van der Waals surface area contributed by atoms with Crippen LogP contribution in [0, 0.1) is 0 Å². The summed E-state index contributed by atoms with van der Waals surface area (Å²) in [5.74, 6) is -0.0584. The number of benzene rings is 2. The van der Waals surface area contributed by atoms with E-state index in [1.165, 1.54) is 5.56 Å². The van der Waals surface area contributed by atoms with E-state index < -0.39 is 0 Å². The molecule has 3 aromatic rings. The number of rotatable bonds is 8. The van der Waals surface area contributed by atoms with Crippen LogP contribution >= 0.6 is 0 Å². The minimum absolute atomic E-state index is 0.0584. The summed E-state index contributed by atoms with van der Waals surface area (Å²) in [6, 6.07) is 22.8. The predicted octanol–water partition coefficient (Wildman–Crippen LogP) is 6.00. The van der Waals surface area contributed by atoms with Crippen LogP contribution in [0.3, 0.4) is 0 Å². The van der Waals surface area contributed by atoms with Crippen molar-refractivity contribution in [2.24, 2.45) is 4.99 Å². The van der Waals surface area contributed by atoms with Gasteiger partial charge in [0.1, 0.15) is 5.70 Å².